The van der Waals surface area contributed by atoms with Crippen LogP contribution >= 0.6 is 0 Å². The number of aryl methyl sites for hydroxylation is 1. The zero-order valence-electron chi connectivity index (χ0n) is 18.9. The molecule has 1 atom stereocenters. The molecule has 1 N–H and O–H groups in total. The van der Waals surface area contributed by atoms with Crippen LogP contribution in [0.2, 0.25) is 0 Å². The maximum absolute atomic E-state index is 12.8. The molecule has 3 aromatic carbocycles. The minimum Gasteiger partial charge on any atom is -0.462 e. The summed E-state index contributed by atoms with van der Waals surface area (Å²) in [4.78, 5) is 17.5. The molecule has 0 fully saturated rings. The quantitative estimate of drug-likeness (QED) is 0.353. The Kier molecular flexibility index (Phi) is 6.37. The Labute approximate surface area is 193 Å². The number of esters is 1. The monoisotopic (exact) mass is 435 g/mol. The number of aromatic nitrogens is 1. The topological polar surface area (TPSA) is 75.0 Å². The van der Waals surface area contributed by atoms with Gasteiger partial charge in [0.15, 0.2) is 0 Å². The molecule has 0 saturated carbocycles. The average molecular weight is 436 g/mol. The second-order valence-electron chi connectivity index (χ2n) is 7.80. The van der Waals surface area contributed by atoms with Crippen LogP contribution in [0, 0.1) is 18.3 Å². The Balaban J connectivity index is 1.86. The van der Waals surface area contributed by atoms with Crippen molar-refractivity contribution in [2.24, 2.45) is 0 Å². The van der Waals surface area contributed by atoms with E-state index in [4.69, 9.17) is 4.74 Å². The molecule has 0 unspecified atom stereocenters. The van der Waals surface area contributed by atoms with Gasteiger partial charge in [0.25, 0.3) is 0 Å². The Hall–Kier alpha value is -4.17. The molecule has 0 aliphatic heterocycles. The number of benzene rings is 3. The largest absolute Gasteiger partial charge is 0.462 e. The van der Waals surface area contributed by atoms with E-state index in [1.54, 1.807) is 13.8 Å². The van der Waals surface area contributed by atoms with Crippen LogP contribution in [0.25, 0.3) is 21.9 Å². The number of carbonyl (C=O) groups is 1. The summed E-state index contributed by atoms with van der Waals surface area (Å²) < 4.78 is 5.30. The lowest BCUT2D eigenvalue weighted by Gasteiger charge is -2.21. The molecule has 1 aromatic heterocycles. The second kappa shape index (κ2) is 9.54. The molecule has 0 amide bonds. The van der Waals surface area contributed by atoms with E-state index in [1.807, 2.05) is 55.5 Å². The lowest BCUT2D eigenvalue weighted by atomic mass is 9.93. The standard InChI is InChI=1S/C28H25N3O2/c1-4-33-28(32)25-19(3)31-27(24(17-29)26(25)21-12-6-5-7-13-21)30-18(2)22-16-10-14-20-11-8-9-15-23(20)22/h5-16,18H,4H2,1-3H3,(H,30,31)/t18-/m0/s1. The number of nitriles is 1. The molecule has 0 radical (unpaired) electrons. The summed E-state index contributed by atoms with van der Waals surface area (Å²) in [5.74, 6) is -0.0335. The number of hydrogen-bond acceptors (Lipinski definition) is 5. The summed E-state index contributed by atoms with van der Waals surface area (Å²) in [7, 11) is 0. The normalized spacial score (nSPS) is 11.6. The van der Waals surface area contributed by atoms with Crippen molar-refractivity contribution < 1.29 is 9.53 Å². The van der Waals surface area contributed by atoms with Crippen LogP contribution in [0.15, 0.2) is 72.8 Å². The minimum absolute atomic E-state index is 0.118. The summed E-state index contributed by atoms with van der Waals surface area (Å²) >= 11 is 0. The van der Waals surface area contributed by atoms with Crippen molar-refractivity contribution in [2.75, 3.05) is 11.9 Å². The van der Waals surface area contributed by atoms with E-state index in [2.05, 4.69) is 40.6 Å². The number of carbonyl (C=O) groups excluding carboxylic acids is 1. The molecule has 164 valence electrons. The third-order valence-corrected chi connectivity index (χ3v) is 5.68. The SMILES string of the molecule is CCOC(=O)c1c(C)nc(N[C@@H](C)c2cccc3ccccc23)c(C#N)c1-c1ccccc1. The first-order chi connectivity index (χ1) is 16.0. The molecular weight excluding hydrogens is 410 g/mol. The van der Waals surface area contributed by atoms with Gasteiger partial charge in [-0.05, 0) is 42.7 Å². The van der Waals surface area contributed by atoms with Crippen molar-refractivity contribution in [2.45, 2.75) is 26.8 Å². The summed E-state index contributed by atoms with van der Waals surface area (Å²) in [5, 5.41) is 15.9. The van der Waals surface area contributed by atoms with Crippen LogP contribution in [-0.4, -0.2) is 17.6 Å². The fourth-order valence-corrected chi connectivity index (χ4v) is 4.17. The third kappa shape index (κ3) is 4.28. The molecule has 33 heavy (non-hydrogen) atoms. The summed E-state index contributed by atoms with van der Waals surface area (Å²) in [5.41, 5.74) is 3.57. The number of hydrogen-bond donors (Lipinski definition) is 1. The zero-order chi connectivity index (χ0) is 23.4. The Morgan fingerprint density at radius 2 is 1.76 bits per heavy atom. The smallest absolute Gasteiger partial charge is 0.340 e. The molecule has 0 spiro atoms. The Morgan fingerprint density at radius 3 is 2.48 bits per heavy atom. The Morgan fingerprint density at radius 1 is 1.06 bits per heavy atom. The molecule has 1 heterocycles. The first kappa shape index (κ1) is 22.0. The van der Waals surface area contributed by atoms with Gasteiger partial charge in [-0.25, -0.2) is 9.78 Å². The van der Waals surface area contributed by atoms with Crippen molar-refractivity contribution in [1.82, 2.24) is 4.98 Å². The fraction of sp³-hybridized carbons (Fsp3) is 0.179. The predicted octanol–water partition coefficient (Wildman–Crippen LogP) is 6.43. The number of pyridine rings is 1. The van der Waals surface area contributed by atoms with Gasteiger partial charge in [0, 0.05) is 5.56 Å². The maximum Gasteiger partial charge on any atom is 0.340 e. The number of anilines is 1. The first-order valence-corrected chi connectivity index (χ1v) is 11.0. The van der Waals surface area contributed by atoms with E-state index in [0.717, 1.165) is 21.9 Å². The fourth-order valence-electron chi connectivity index (χ4n) is 4.17. The maximum atomic E-state index is 12.8. The van der Waals surface area contributed by atoms with Gasteiger partial charge >= 0.3 is 5.97 Å². The van der Waals surface area contributed by atoms with Gasteiger partial charge in [-0.2, -0.15) is 5.26 Å². The van der Waals surface area contributed by atoms with Gasteiger partial charge in [0.05, 0.1) is 23.9 Å². The first-order valence-electron chi connectivity index (χ1n) is 11.0. The van der Waals surface area contributed by atoms with Gasteiger partial charge in [-0.3, -0.25) is 0 Å². The number of ether oxygens (including phenoxy) is 1. The minimum atomic E-state index is -0.480. The Bertz CT molecular complexity index is 1350. The van der Waals surface area contributed by atoms with Crippen LogP contribution in [0.3, 0.4) is 0 Å². The molecule has 4 aromatic rings. The molecule has 0 saturated heterocycles. The van der Waals surface area contributed by atoms with Crippen LogP contribution in [0.1, 0.15) is 47.1 Å². The van der Waals surface area contributed by atoms with Crippen molar-refractivity contribution >= 4 is 22.6 Å². The van der Waals surface area contributed by atoms with Gasteiger partial charge in [0.1, 0.15) is 17.5 Å². The number of fused-ring (bicyclic) bond motifs is 1. The lowest BCUT2D eigenvalue weighted by molar-refractivity contribution is 0.0526. The number of nitrogens with zero attached hydrogens (tertiary/aromatic N) is 2. The van der Waals surface area contributed by atoms with Crippen molar-refractivity contribution in [1.29, 1.82) is 5.26 Å². The van der Waals surface area contributed by atoms with Crippen LogP contribution in [0.4, 0.5) is 5.82 Å². The van der Waals surface area contributed by atoms with Crippen molar-refractivity contribution in [3.8, 4) is 17.2 Å². The van der Waals surface area contributed by atoms with Crippen LogP contribution < -0.4 is 5.32 Å². The van der Waals surface area contributed by atoms with Gasteiger partial charge < -0.3 is 10.1 Å². The molecule has 5 nitrogen and oxygen atoms in total. The van der Waals surface area contributed by atoms with Crippen LogP contribution in [-0.2, 0) is 4.74 Å². The lowest BCUT2D eigenvalue weighted by Crippen LogP contribution is -2.16. The summed E-state index contributed by atoms with van der Waals surface area (Å²) in [6, 6.07) is 26.0. The van der Waals surface area contributed by atoms with Gasteiger partial charge in [0.2, 0.25) is 0 Å². The zero-order valence-corrected chi connectivity index (χ0v) is 18.9. The third-order valence-electron chi connectivity index (χ3n) is 5.68. The summed E-state index contributed by atoms with van der Waals surface area (Å²) in [6.07, 6.45) is 0. The van der Waals surface area contributed by atoms with Crippen molar-refractivity contribution in [3.63, 3.8) is 0 Å². The average Bonchev–Trinajstić information content (AvgIpc) is 2.84. The highest BCUT2D eigenvalue weighted by molar-refractivity contribution is 6.01. The summed E-state index contributed by atoms with van der Waals surface area (Å²) in [6.45, 7) is 5.82. The molecule has 0 bridgehead atoms. The highest BCUT2D eigenvalue weighted by Crippen LogP contribution is 2.35. The highest BCUT2D eigenvalue weighted by atomic mass is 16.5. The van der Waals surface area contributed by atoms with E-state index < -0.39 is 5.97 Å². The highest BCUT2D eigenvalue weighted by Gasteiger charge is 2.25. The molecule has 0 aliphatic carbocycles. The molecule has 5 heteroatoms. The second-order valence-corrected chi connectivity index (χ2v) is 7.80. The number of nitrogens with one attached hydrogen (secondary N) is 1. The molecular formula is C28H25N3O2. The number of rotatable bonds is 6. The van der Waals surface area contributed by atoms with Crippen LogP contribution in [0.5, 0.6) is 0 Å². The predicted molar refractivity (Wildman–Crippen MR) is 131 cm³/mol. The van der Waals surface area contributed by atoms with E-state index in [-0.39, 0.29) is 12.6 Å². The van der Waals surface area contributed by atoms with E-state index in [1.165, 1.54) is 0 Å². The van der Waals surface area contributed by atoms with E-state index in [0.29, 0.717) is 28.2 Å². The molecule has 0 aliphatic rings. The van der Waals surface area contributed by atoms with E-state index >= 15 is 0 Å². The van der Waals surface area contributed by atoms with Gasteiger partial charge in [-0.1, -0.05) is 72.8 Å². The van der Waals surface area contributed by atoms with Crippen molar-refractivity contribution in [3.05, 3.63) is 95.2 Å². The van der Waals surface area contributed by atoms with E-state index in [9.17, 15) is 10.1 Å². The van der Waals surface area contributed by atoms with Gasteiger partial charge in [-0.15, -0.1) is 0 Å². The molecule has 4 rings (SSSR count).